The van der Waals surface area contributed by atoms with Crippen LogP contribution < -0.4 is 10.1 Å². The highest BCUT2D eigenvalue weighted by molar-refractivity contribution is 7.14. The van der Waals surface area contributed by atoms with Crippen molar-refractivity contribution in [3.63, 3.8) is 0 Å². The van der Waals surface area contributed by atoms with Crippen LogP contribution in [0.2, 0.25) is 0 Å². The van der Waals surface area contributed by atoms with E-state index in [-0.39, 0.29) is 12.3 Å². The molecule has 0 fully saturated rings. The third kappa shape index (κ3) is 5.06. The van der Waals surface area contributed by atoms with Crippen molar-refractivity contribution < 1.29 is 19.4 Å². The number of nitrogens with one attached hydrogen (secondary N) is 1. The first-order chi connectivity index (χ1) is 11.7. The van der Waals surface area contributed by atoms with Crippen molar-refractivity contribution in [3.05, 3.63) is 40.1 Å². The molecule has 1 aromatic heterocycles. The Morgan fingerprint density at radius 3 is 2.44 bits per heavy atom. The zero-order chi connectivity index (χ0) is 18.6. The molecule has 1 aromatic carbocycles. The first kappa shape index (κ1) is 19.0. The number of rotatable bonds is 7. The highest BCUT2D eigenvalue weighted by Crippen LogP contribution is 2.32. The standard InChI is InChI=1S/C19H23NO4S/c1-12-15(13-5-7-14(24-4)8-6-13)11-16(25-12)18(23)20-19(2,3)10-9-17(21)22/h5-8,11H,9-10H2,1-4H3,(H,20,23)(H,21,22). The molecule has 1 heterocycles. The highest BCUT2D eigenvalue weighted by atomic mass is 32.1. The third-order valence-electron chi connectivity index (χ3n) is 3.96. The average Bonchev–Trinajstić information content (AvgIpc) is 2.95. The number of aliphatic carboxylic acids is 1. The molecule has 0 bridgehead atoms. The van der Waals surface area contributed by atoms with Crippen LogP contribution in [0.5, 0.6) is 5.75 Å². The number of carbonyl (C=O) groups is 2. The lowest BCUT2D eigenvalue weighted by Gasteiger charge is -2.25. The molecule has 0 atom stereocenters. The molecule has 0 radical (unpaired) electrons. The van der Waals surface area contributed by atoms with Gasteiger partial charge in [-0.15, -0.1) is 11.3 Å². The molecule has 0 aliphatic rings. The van der Waals surface area contributed by atoms with Crippen molar-refractivity contribution in [2.75, 3.05) is 7.11 Å². The SMILES string of the molecule is COc1ccc(-c2cc(C(=O)NC(C)(C)CCC(=O)O)sc2C)cc1. The van der Waals surface area contributed by atoms with Crippen LogP contribution in [0.1, 0.15) is 41.2 Å². The molecule has 2 aromatic rings. The summed E-state index contributed by atoms with van der Waals surface area (Å²) in [6.07, 6.45) is 0.400. The van der Waals surface area contributed by atoms with Gasteiger partial charge in [-0.1, -0.05) is 12.1 Å². The molecule has 134 valence electrons. The van der Waals surface area contributed by atoms with Crippen molar-refractivity contribution in [2.45, 2.75) is 39.2 Å². The molecule has 6 heteroatoms. The summed E-state index contributed by atoms with van der Waals surface area (Å²) in [6.45, 7) is 5.65. The molecule has 2 rings (SSSR count). The Balaban J connectivity index is 2.15. The maximum Gasteiger partial charge on any atom is 0.303 e. The molecule has 0 saturated heterocycles. The Morgan fingerprint density at radius 1 is 1.24 bits per heavy atom. The number of carboxylic acids is 1. The topological polar surface area (TPSA) is 75.6 Å². The zero-order valence-corrected chi connectivity index (χ0v) is 15.7. The molecular weight excluding hydrogens is 338 g/mol. The summed E-state index contributed by atoms with van der Waals surface area (Å²) in [5.41, 5.74) is 1.47. The summed E-state index contributed by atoms with van der Waals surface area (Å²) in [5.74, 6) is -0.255. The number of aryl methyl sites for hydroxylation is 1. The van der Waals surface area contributed by atoms with E-state index in [0.29, 0.717) is 11.3 Å². The summed E-state index contributed by atoms with van der Waals surface area (Å²) in [4.78, 5) is 24.9. The van der Waals surface area contributed by atoms with E-state index in [2.05, 4.69) is 5.32 Å². The first-order valence-corrected chi connectivity index (χ1v) is 8.82. The van der Waals surface area contributed by atoms with Crippen LogP contribution in [0.3, 0.4) is 0 Å². The molecule has 0 aliphatic carbocycles. The van der Waals surface area contributed by atoms with E-state index in [0.717, 1.165) is 21.8 Å². The van der Waals surface area contributed by atoms with Gasteiger partial charge in [0.15, 0.2) is 0 Å². The normalized spacial score (nSPS) is 11.2. The predicted molar refractivity (Wildman–Crippen MR) is 99.5 cm³/mol. The van der Waals surface area contributed by atoms with Gasteiger partial charge in [0, 0.05) is 16.8 Å². The van der Waals surface area contributed by atoms with Gasteiger partial charge in [0.1, 0.15) is 5.75 Å². The number of amides is 1. The number of ether oxygens (including phenoxy) is 1. The number of hydrogen-bond acceptors (Lipinski definition) is 4. The Bertz CT molecular complexity index is 762. The summed E-state index contributed by atoms with van der Waals surface area (Å²) in [6, 6.07) is 9.59. The maximum absolute atomic E-state index is 12.5. The summed E-state index contributed by atoms with van der Waals surface area (Å²) in [7, 11) is 1.62. The van der Waals surface area contributed by atoms with E-state index in [4.69, 9.17) is 9.84 Å². The summed E-state index contributed by atoms with van der Waals surface area (Å²) < 4.78 is 5.17. The number of carboxylic acid groups (broad SMARTS) is 1. The second-order valence-corrected chi connectivity index (χ2v) is 7.80. The Morgan fingerprint density at radius 2 is 1.88 bits per heavy atom. The summed E-state index contributed by atoms with van der Waals surface area (Å²) >= 11 is 1.43. The fourth-order valence-corrected chi connectivity index (χ4v) is 3.44. The number of methoxy groups -OCH3 is 1. The lowest BCUT2D eigenvalue weighted by atomic mass is 9.98. The van der Waals surface area contributed by atoms with Crippen LogP contribution in [0, 0.1) is 6.92 Å². The van der Waals surface area contributed by atoms with Crippen molar-refractivity contribution in [1.82, 2.24) is 5.32 Å². The molecule has 0 saturated carbocycles. The molecule has 0 unspecified atom stereocenters. The van der Waals surface area contributed by atoms with E-state index in [9.17, 15) is 9.59 Å². The van der Waals surface area contributed by atoms with Crippen molar-refractivity contribution in [3.8, 4) is 16.9 Å². The van der Waals surface area contributed by atoms with E-state index in [1.165, 1.54) is 11.3 Å². The Hall–Kier alpha value is -2.34. The molecular formula is C19H23NO4S. The van der Waals surface area contributed by atoms with Gasteiger partial charge in [0.05, 0.1) is 12.0 Å². The van der Waals surface area contributed by atoms with Crippen molar-refractivity contribution in [2.24, 2.45) is 0 Å². The van der Waals surface area contributed by atoms with Gasteiger partial charge in [0.2, 0.25) is 0 Å². The Labute approximate surface area is 151 Å². The van der Waals surface area contributed by atoms with Crippen molar-refractivity contribution in [1.29, 1.82) is 0 Å². The van der Waals surface area contributed by atoms with E-state index < -0.39 is 11.5 Å². The van der Waals surface area contributed by atoms with Crippen LogP contribution in [-0.2, 0) is 4.79 Å². The van der Waals surface area contributed by atoms with Gasteiger partial charge in [-0.2, -0.15) is 0 Å². The minimum atomic E-state index is -0.865. The van der Waals surface area contributed by atoms with Gasteiger partial charge >= 0.3 is 5.97 Å². The molecule has 2 N–H and O–H groups in total. The van der Waals surface area contributed by atoms with Crippen LogP contribution >= 0.6 is 11.3 Å². The fraction of sp³-hybridized carbons (Fsp3) is 0.368. The van der Waals surface area contributed by atoms with Gasteiger partial charge < -0.3 is 15.2 Å². The molecule has 5 nitrogen and oxygen atoms in total. The summed E-state index contributed by atoms with van der Waals surface area (Å²) in [5, 5.41) is 11.7. The highest BCUT2D eigenvalue weighted by Gasteiger charge is 2.23. The lowest BCUT2D eigenvalue weighted by molar-refractivity contribution is -0.137. The van der Waals surface area contributed by atoms with Crippen molar-refractivity contribution >= 4 is 23.2 Å². The van der Waals surface area contributed by atoms with Crippen LogP contribution in [0.4, 0.5) is 0 Å². The largest absolute Gasteiger partial charge is 0.497 e. The minimum absolute atomic E-state index is 0.0217. The molecule has 1 amide bonds. The predicted octanol–water partition coefficient (Wildman–Crippen LogP) is 4.11. The molecule has 0 spiro atoms. The van der Waals surface area contributed by atoms with E-state index >= 15 is 0 Å². The number of thiophene rings is 1. The zero-order valence-electron chi connectivity index (χ0n) is 14.9. The van der Waals surface area contributed by atoms with Gasteiger partial charge in [-0.25, -0.2) is 0 Å². The minimum Gasteiger partial charge on any atom is -0.497 e. The first-order valence-electron chi connectivity index (χ1n) is 8.01. The van der Waals surface area contributed by atoms with Gasteiger partial charge in [0.25, 0.3) is 5.91 Å². The van der Waals surface area contributed by atoms with E-state index in [1.54, 1.807) is 7.11 Å². The smallest absolute Gasteiger partial charge is 0.303 e. The number of hydrogen-bond donors (Lipinski definition) is 2. The molecule has 25 heavy (non-hydrogen) atoms. The lowest BCUT2D eigenvalue weighted by Crippen LogP contribution is -2.43. The number of carbonyl (C=O) groups excluding carboxylic acids is 1. The monoisotopic (exact) mass is 361 g/mol. The van der Waals surface area contributed by atoms with Crippen LogP contribution in [-0.4, -0.2) is 29.6 Å². The van der Waals surface area contributed by atoms with Crippen LogP contribution in [0.15, 0.2) is 30.3 Å². The van der Waals surface area contributed by atoms with Gasteiger partial charge in [-0.3, -0.25) is 9.59 Å². The molecule has 0 aliphatic heterocycles. The van der Waals surface area contributed by atoms with Gasteiger partial charge in [-0.05, 0) is 56.5 Å². The maximum atomic E-state index is 12.5. The fourth-order valence-electron chi connectivity index (χ4n) is 2.50. The average molecular weight is 361 g/mol. The second kappa shape index (κ2) is 7.70. The Kier molecular flexibility index (Phi) is 5.85. The van der Waals surface area contributed by atoms with Crippen LogP contribution in [0.25, 0.3) is 11.1 Å². The third-order valence-corrected chi connectivity index (χ3v) is 5.01. The number of benzene rings is 1. The quantitative estimate of drug-likeness (QED) is 0.778. The van der Waals surface area contributed by atoms with E-state index in [1.807, 2.05) is 51.1 Å². The second-order valence-electron chi connectivity index (χ2n) is 6.54.